The maximum atomic E-state index is 12.8. The van der Waals surface area contributed by atoms with Crippen LogP contribution in [0.2, 0.25) is 0 Å². The van der Waals surface area contributed by atoms with Gasteiger partial charge in [0.2, 0.25) is 0 Å². The molecule has 9 nitrogen and oxygen atoms in total. The maximum Gasteiger partial charge on any atom is 0.338 e. The van der Waals surface area contributed by atoms with Crippen LogP contribution in [-0.2, 0) is 32.3 Å². The van der Waals surface area contributed by atoms with E-state index in [4.69, 9.17) is 4.74 Å². The molecule has 1 saturated heterocycles. The highest BCUT2D eigenvalue weighted by Crippen LogP contribution is 2.18. The summed E-state index contributed by atoms with van der Waals surface area (Å²) in [4.78, 5) is 43.5. The molecule has 0 N–H and O–H groups in total. The monoisotopic (exact) mass is 447 g/mol. The van der Waals surface area contributed by atoms with E-state index in [1.165, 1.54) is 24.1 Å². The minimum Gasteiger partial charge on any atom is -0.452 e. The van der Waals surface area contributed by atoms with Gasteiger partial charge in [0, 0.05) is 26.1 Å². The number of esters is 1. The van der Waals surface area contributed by atoms with Crippen molar-refractivity contribution in [3.8, 4) is 0 Å². The van der Waals surface area contributed by atoms with Crippen LogP contribution >= 0.6 is 0 Å². The number of sulfone groups is 1. The molecule has 2 aliphatic rings. The van der Waals surface area contributed by atoms with Crippen molar-refractivity contribution in [2.75, 3.05) is 25.2 Å². The Kier molecular flexibility index (Phi) is 5.83. The molecule has 4 rings (SSSR count). The fourth-order valence-electron chi connectivity index (χ4n) is 4.14. The van der Waals surface area contributed by atoms with E-state index < -0.39 is 34.4 Å². The molecule has 1 amide bonds. The largest absolute Gasteiger partial charge is 0.452 e. The fraction of sp³-hybridized carbons (Fsp3) is 0.524. The Morgan fingerprint density at radius 1 is 1.26 bits per heavy atom. The number of fused-ring (bicyclic) bond motifs is 2. The van der Waals surface area contributed by atoms with Gasteiger partial charge in [-0.25, -0.2) is 18.2 Å². The summed E-state index contributed by atoms with van der Waals surface area (Å²) in [6.07, 6.45) is 4.07. The smallest absolute Gasteiger partial charge is 0.338 e. The van der Waals surface area contributed by atoms with Crippen molar-refractivity contribution < 1.29 is 22.7 Å². The lowest BCUT2D eigenvalue weighted by Gasteiger charge is -2.23. The van der Waals surface area contributed by atoms with Crippen molar-refractivity contribution in [1.82, 2.24) is 14.5 Å². The van der Waals surface area contributed by atoms with Crippen molar-refractivity contribution in [3.63, 3.8) is 0 Å². The van der Waals surface area contributed by atoms with E-state index in [9.17, 15) is 22.8 Å². The molecule has 0 spiro atoms. The lowest BCUT2D eigenvalue weighted by atomic mass is 10.1. The third-order valence-electron chi connectivity index (χ3n) is 6.03. The molecule has 1 atom stereocenters. The Morgan fingerprint density at radius 2 is 2.06 bits per heavy atom. The second-order valence-electron chi connectivity index (χ2n) is 8.17. The van der Waals surface area contributed by atoms with Crippen LogP contribution in [0.25, 0.3) is 10.9 Å². The van der Waals surface area contributed by atoms with Gasteiger partial charge in [0.1, 0.15) is 5.82 Å². The van der Waals surface area contributed by atoms with E-state index in [0.717, 1.165) is 31.5 Å². The van der Waals surface area contributed by atoms with Gasteiger partial charge in [-0.3, -0.25) is 14.2 Å². The Hall–Kier alpha value is -2.75. The average molecular weight is 448 g/mol. The van der Waals surface area contributed by atoms with Gasteiger partial charge < -0.3 is 9.64 Å². The van der Waals surface area contributed by atoms with Crippen molar-refractivity contribution in [2.45, 2.75) is 44.7 Å². The number of carbonyl (C=O) groups excluding carboxylic acids is 2. The van der Waals surface area contributed by atoms with Crippen LogP contribution in [0.1, 0.15) is 41.9 Å². The van der Waals surface area contributed by atoms with Crippen molar-refractivity contribution in [2.24, 2.45) is 0 Å². The maximum absolute atomic E-state index is 12.8. The predicted molar refractivity (Wildman–Crippen MR) is 114 cm³/mol. The van der Waals surface area contributed by atoms with Crippen LogP contribution in [0.5, 0.6) is 0 Å². The number of likely N-dealkylation sites (N-methyl/N-ethyl adjacent to an activating group) is 1. The molecule has 2 aliphatic heterocycles. The number of aromatic nitrogens is 2. The summed E-state index contributed by atoms with van der Waals surface area (Å²) in [5.41, 5.74) is 0.536. The molecule has 166 valence electrons. The predicted octanol–water partition coefficient (Wildman–Crippen LogP) is 0.925. The number of ether oxygens (including phenoxy) is 1. The molecule has 0 saturated carbocycles. The number of aryl methyl sites for hydroxylation is 1. The molecule has 3 heterocycles. The van der Waals surface area contributed by atoms with Crippen LogP contribution in [0.3, 0.4) is 0 Å². The number of carbonyl (C=O) groups is 2. The van der Waals surface area contributed by atoms with Crippen LogP contribution in [0.15, 0.2) is 23.0 Å². The van der Waals surface area contributed by atoms with E-state index in [2.05, 4.69) is 4.98 Å². The fourth-order valence-corrected chi connectivity index (χ4v) is 5.92. The number of hydrogen-bond donors (Lipinski definition) is 0. The molecule has 0 bridgehead atoms. The first-order valence-corrected chi connectivity index (χ1v) is 12.2. The summed E-state index contributed by atoms with van der Waals surface area (Å²) >= 11 is 0. The highest BCUT2D eigenvalue weighted by molar-refractivity contribution is 7.91. The minimum absolute atomic E-state index is 0.0584. The number of nitrogens with zero attached hydrogens (tertiary/aromatic N) is 3. The summed E-state index contributed by atoms with van der Waals surface area (Å²) < 4.78 is 30.1. The molecular weight excluding hydrogens is 422 g/mol. The molecule has 31 heavy (non-hydrogen) atoms. The Balaban J connectivity index is 1.46. The number of hydrogen-bond acceptors (Lipinski definition) is 7. The summed E-state index contributed by atoms with van der Waals surface area (Å²) in [5, 5.41) is 0.445. The average Bonchev–Trinajstić information content (AvgIpc) is 2.95. The van der Waals surface area contributed by atoms with Crippen LogP contribution in [0, 0.1) is 0 Å². The molecule has 10 heteroatoms. The Morgan fingerprint density at radius 3 is 2.81 bits per heavy atom. The molecule has 1 aromatic heterocycles. The number of rotatable bonds is 4. The van der Waals surface area contributed by atoms with Crippen molar-refractivity contribution >= 4 is 32.6 Å². The minimum atomic E-state index is -3.12. The highest BCUT2D eigenvalue weighted by atomic mass is 32.2. The third-order valence-corrected chi connectivity index (χ3v) is 7.78. The molecule has 0 aliphatic carbocycles. The van der Waals surface area contributed by atoms with E-state index in [0.29, 0.717) is 23.9 Å². The lowest BCUT2D eigenvalue weighted by molar-refractivity contribution is -0.134. The highest BCUT2D eigenvalue weighted by Gasteiger charge is 2.33. The van der Waals surface area contributed by atoms with Gasteiger partial charge in [-0.15, -0.1) is 0 Å². The quantitative estimate of drug-likeness (QED) is 0.640. The van der Waals surface area contributed by atoms with Crippen LogP contribution in [0.4, 0.5) is 0 Å². The molecule has 1 fully saturated rings. The Bertz CT molecular complexity index is 1200. The zero-order valence-electron chi connectivity index (χ0n) is 17.4. The van der Waals surface area contributed by atoms with E-state index in [-0.39, 0.29) is 22.6 Å². The normalized spacial score (nSPS) is 20.1. The van der Waals surface area contributed by atoms with E-state index in [1.54, 1.807) is 10.6 Å². The summed E-state index contributed by atoms with van der Waals surface area (Å²) in [6, 6.07) is 4.18. The number of amides is 1. The molecule has 2 aromatic rings. The first kappa shape index (κ1) is 21.5. The molecule has 1 unspecified atom stereocenters. The van der Waals surface area contributed by atoms with Gasteiger partial charge in [-0.2, -0.15) is 0 Å². The van der Waals surface area contributed by atoms with Crippen molar-refractivity contribution in [1.29, 1.82) is 0 Å². The second-order valence-corrected chi connectivity index (χ2v) is 10.4. The second kappa shape index (κ2) is 8.41. The Labute approximate surface area is 179 Å². The van der Waals surface area contributed by atoms with Gasteiger partial charge in [-0.05, 0) is 37.5 Å². The topological polar surface area (TPSA) is 116 Å². The van der Waals surface area contributed by atoms with Gasteiger partial charge in [-0.1, -0.05) is 6.42 Å². The van der Waals surface area contributed by atoms with E-state index in [1.807, 2.05) is 0 Å². The van der Waals surface area contributed by atoms with Crippen LogP contribution in [-0.4, -0.2) is 65.9 Å². The summed E-state index contributed by atoms with van der Waals surface area (Å²) in [5.74, 6) is -0.441. The van der Waals surface area contributed by atoms with E-state index >= 15 is 0 Å². The van der Waals surface area contributed by atoms with Gasteiger partial charge >= 0.3 is 5.97 Å². The number of benzene rings is 1. The van der Waals surface area contributed by atoms with Gasteiger partial charge in [0.15, 0.2) is 16.4 Å². The van der Waals surface area contributed by atoms with Crippen LogP contribution < -0.4 is 5.56 Å². The first-order chi connectivity index (χ1) is 14.7. The summed E-state index contributed by atoms with van der Waals surface area (Å²) in [6.45, 7) is 0.170. The summed E-state index contributed by atoms with van der Waals surface area (Å²) in [7, 11) is -1.60. The standard InChI is InChI=1S/C21H25N3O6S/c1-23(15-8-10-31(28,29)13-15)19(25)12-30-21(27)14-6-7-16-17(11-14)22-18-5-3-2-4-9-24(18)20(16)26/h6-7,11,15H,2-5,8-10,12-13H2,1H3. The van der Waals surface area contributed by atoms with Gasteiger partial charge in [0.05, 0.1) is 28.0 Å². The zero-order chi connectivity index (χ0) is 22.2. The van der Waals surface area contributed by atoms with Gasteiger partial charge in [0.25, 0.3) is 11.5 Å². The molecular formula is C21H25N3O6S. The molecule has 0 radical (unpaired) electrons. The third kappa shape index (κ3) is 4.48. The zero-order valence-corrected chi connectivity index (χ0v) is 18.2. The SMILES string of the molecule is CN(C(=O)COC(=O)c1ccc2c(=O)n3c(nc2c1)CCCCC3)C1CCS(=O)(=O)C1. The lowest BCUT2D eigenvalue weighted by Crippen LogP contribution is -2.40. The molecule has 1 aromatic carbocycles. The van der Waals surface area contributed by atoms with Crippen molar-refractivity contribution in [3.05, 3.63) is 39.9 Å². The first-order valence-electron chi connectivity index (χ1n) is 10.4.